The Labute approximate surface area is 121 Å². The van der Waals surface area contributed by atoms with Gasteiger partial charge < -0.3 is 0 Å². The SMILES string of the molecule is Cc1ccc(C(Br)c2ccc(F)c(F)c2)cc1Br. The minimum absolute atomic E-state index is 0.163. The van der Waals surface area contributed by atoms with Gasteiger partial charge in [0.05, 0.1) is 4.83 Å². The Morgan fingerprint density at radius 3 is 2.17 bits per heavy atom. The Morgan fingerprint density at radius 1 is 0.944 bits per heavy atom. The fourth-order valence-corrected chi connectivity index (χ4v) is 2.60. The molecule has 1 atom stereocenters. The van der Waals surface area contributed by atoms with E-state index in [1.807, 2.05) is 25.1 Å². The predicted molar refractivity (Wildman–Crippen MR) is 76.0 cm³/mol. The number of alkyl halides is 1. The normalized spacial score (nSPS) is 12.5. The van der Waals surface area contributed by atoms with Gasteiger partial charge in [-0.05, 0) is 41.8 Å². The Bertz CT molecular complexity index is 531. The molecule has 0 fully saturated rings. The van der Waals surface area contributed by atoms with Crippen molar-refractivity contribution in [3.63, 3.8) is 0 Å². The zero-order valence-electron chi connectivity index (χ0n) is 9.55. The van der Waals surface area contributed by atoms with Crippen molar-refractivity contribution in [1.29, 1.82) is 0 Å². The summed E-state index contributed by atoms with van der Waals surface area (Å²) in [5, 5.41) is 0. The molecule has 2 aromatic rings. The summed E-state index contributed by atoms with van der Waals surface area (Å²) < 4.78 is 27.1. The van der Waals surface area contributed by atoms with E-state index in [2.05, 4.69) is 31.9 Å². The zero-order valence-corrected chi connectivity index (χ0v) is 12.7. The molecule has 0 saturated heterocycles. The van der Waals surface area contributed by atoms with Crippen molar-refractivity contribution < 1.29 is 8.78 Å². The van der Waals surface area contributed by atoms with Gasteiger partial charge in [0.1, 0.15) is 0 Å². The van der Waals surface area contributed by atoms with Gasteiger partial charge in [-0.2, -0.15) is 0 Å². The van der Waals surface area contributed by atoms with Crippen LogP contribution in [-0.4, -0.2) is 0 Å². The molecule has 0 bridgehead atoms. The van der Waals surface area contributed by atoms with Crippen molar-refractivity contribution in [1.82, 2.24) is 0 Å². The second kappa shape index (κ2) is 5.49. The van der Waals surface area contributed by atoms with Gasteiger partial charge in [0, 0.05) is 4.47 Å². The summed E-state index contributed by atoms with van der Waals surface area (Å²) in [6.07, 6.45) is 0. The quantitative estimate of drug-likeness (QED) is 0.606. The monoisotopic (exact) mass is 374 g/mol. The van der Waals surface area contributed by atoms with Crippen LogP contribution in [0, 0.1) is 18.6 Å². The predicted octanol–water partition coefficient (Wildman–Crippen LogP) is 5.52. The van der Waals surface area contributed by atoms with Crippen molar-refractivity contribution in [2.45, 2.75) is 11.8 Å². The van der Waals surface area contributed by atoms with Crippen LogP contribution in [0.4, 0.5) is 8.78 Å². The standard InChI is InChI=1S/C14H10Br2F2/c1-8-2-3-9(6-11(8)15)14(16)10-4-5-12(17)13(18)7-10/h2-7,14H,1H3. The molecule has 0 aliphatic rings. The number of hydrogen-bond donors (Lipinski definition) is 0. The lowest BCUT2D eigenvalue weighted by Gasteiger charge is -2.12. The fraction of sp³-hybridized carbons (Fsp3) is 0.143. The Kier molecular flexibility index (Phi) is 4.17. The van der Waals surface area contributed by atoms with Gasteiger partial charge in [-0.25, -0.2) is 8.78 Å². The highest BCUT2D eigenvalue weighted by atomic mass is 79.9. The molecule has 1 unspecified atom stereocenters. The van der Waals surface area contributed by atoms with Crippen molar-refractivity contribution in [2.75, 3.05) is 0 Å². The number of aryl methyl sites for hydroxylation is 1. The topological polar surface area (TPSA) is 0 Å². The first-order chi connectivity index (χ1) is 8.49. The fourth-order valence-electron chi connectivity index (χ4n) is 1.63. The van der Waals surface area contributed by atoms with Gasteiger partial charge in [-0.15, -0.1) is 0 Å². The number of halogens is 4. The van der Waals surface area contributed by atoms with Crippen LogP contribution in [0.25, 0.3) is 0 Å². The van der Waals surface area contributed by atoms with Crippen molar-refractivity contribution in [3.8, 4) is 0 Å². The first-order valence-corrected chi connectivity index (χ1v) is 7.05. The van der Waals surface area contributed by atoms with E-state index in [0.29, 0.717) is 5.56 Å². The smallest absolute Gasteiger partial charge is 0.159 e. The number of hydrogen-bond acceptors (Lipinski definition) is 0. The van der Waals surface area contributed by atoms with E-state index < -0.39 is 11.6 Å². The highest BCUT2D eigenvalue weighted by Gasteiger charge is 2.13. The maximum Gasteiger partial charge on any atom is 0.159 e. The van der Waals surface area contributed by atoms with E-state index >= 15 is 0 Å². The third-order valence-corrected chi connectivity index (χ3v) is 4.64. The third-order valence-electron chi connectivity index (χ3n) is 2.72. The summed E-state index contributed by atoms with van der Waals surface area (Å²) in [4.78, 5) is -0.163. The molecule has 4 heteroatoms. The molecule has 0 heterocycles. The van der Waals surface area contributed by atoms with E-state index in [0.717, 1.165) is 21.7 Å². The maximum atomic E-state index is 13.2. The van der Waals surface area contributed by atoms with Crippen LogP contribution in [0.2, 0.25) is 0 Å². The Hall–Kier alpha value is -0.740. The maximum absolute atomic E-state index is 13.2. The van der Waals surface area contributed by atoms with Gasteiger partial charge in [-0.3, -0.25) is 0 Å². The second-order valence-electron chi connectivity index (χ2n) is 4.04. The number of benzene rings is 2. The molecule has 2 rings (SSSR count). The van der Waals surface area contributed by atoms with Gasteiger partial charge in [0.25, 0.3) is 0 Å². The van der Waals surface area contributed by atoms with E-state index in [-0.39, 0.29) is 4.83 Å². The van der Waals surface area contributed by atoms with Crippen LogP contribution in [0.1, 0.15) is 21.5 Å². The van der Waals surface area contributed by atoms with Crippen LogP contribution in [0.3, 0.4) is 0 Å². The molecule has 0 radical (unpaired) electrons. The molecular weight excluding hydrogens is 366 g/mol. The molecular formula is C14H10Br2F2. The van der Waals surface area contributed by atoms with Crippen LogP contribution in [0.15, 0.2) is 40.9 Å². The minimum atomic E-state index is -0.830. The molecule has 0 aromatic heterocycles. The average molecular weight is 376 g/mol. The van der Waals surface area contributed by atoms with Crippen molar-refractivity contribution in [2.24, 2.45) is 0 Å². The third kappa shape index (κ3) is 2.81. The summed E-state index contributed by atoms with van der Waals surface area (Å²) >= 11 is 6.96. The molecule has 0 amide bonds. The summed E-state index contributed by atoms with van der Waals surface area (Å²) in [5.41, 5.74) is 2.80. The molecule has 0 aliphatic heterocycles. The van der Waals surface area contributed by atoms with Crippen LogP contribution < -0.4 is 0 Å². The summed E-state index contributed by atoms with van der Waals surface area (Å²) in [5.74, 6) is -1.66. The summed E-state index contributed by atoms with van der Waals surface area (Å²) in [6, 6.07) is 9.83. The van der Waals surface area contributed by atoms with Gasteiger partial charge in [-0.1, -0.05) is 50.1 Å². The summed E-state index contributed by atoms with van der Waals surface area (Å²) in [6.45, 7) is 1.99. The molecule has 2 aromatic carbocycles. The van der Waals surface area contributed by atoms with Crippen LogP contribution in [0.5, 0.6) is 0 Å². The van der Waals surface area contributed by atoms with Gasteiger partial charge in [0.15, 0.2) is 11.6 Å². The lowest BCUT2D eigenvalue weighted by molar-refractivity contribution is 0.507. The largest absolute Gasteiger partial charge is 0.204 e. The van der Waals surface area contributed by atoms with Crippen LogP contribution >= 0.6 is 31.9 Å². The lowest BCUT2D eigenvalue weighted by atomic mass is 10.0. The molecule has 94 valence electrons. The average Bonchev–Trinajstić information content (AvgIpc) is 2.35. The molecule has 0 spiro atoms. The van der Waals surface area contributed by atoms with Crippen LogP contribution in [-0.2, 0) is 0 Å². The molecule has 0 nitrogen and oxygen atoms in total. The zero-order chi connectivity index (χ0) is 13.3. The van der Waals surface area contributed by atoms with E-state index in [1.165, 1.54) is 6.07 Å². The highest BCUT2D eigenvalue weighted by molar-refractivity contribution is 9.10. The first-order valence-electron chi connectivity index (χ1n) is 5.34. The van der Waals surface area contributed by atoms with E-state index in [9.17, 15) is 8.78 Å². The second-order valence-corrected chi connectivity index (χ2v) is 5.81. The minimum Gasteiger partial charge on any atom is -0.204 e. The lowest BCUT2D eigenvalue weighted by Crippen LogP contribution is -1.95. The molecule has 0 saturated carbocycles. The summed E-state index contributed by atoms with van der Waals surface area (Å²) in [7, 11) is 0. The Morgan fingerprint density at radius 2 is 1.56 bits per heavy atom. The Balaban J connectivity index is 2.37. The molecule has 18 heavy (non-hydrogen) atoms. The van der Waals surface area contributed by atoms with E-state index in [4.69, 9.17) is 0 Å². The highest BCUT2D eigenvalue weighted by Crippen LogP contribution is 2.33. The van der Waals surface area contributed by atoms with E-state index in [1.54, 1.807) is 6.07 Å². The molecule has 0 N–H and O–H groups in total. The van der Waals surface area contributed by atoms with Gasteiger partial charge >= 0.3 is 0 Å². The van der Waals surface area contributed by atoms with Gasteiger partial charge in [0.2, 0.25) is 0 Å². The molecule has 0 aliphatic carbocycles. The van der Waals surface area contributed by atoms with Crippen molar-refractivity contribution >= 4 is 31.9 Å². The van der Waals surface area contributed by atoms with Crippen molar-refractivity contribution in [3.05, 3.63) is 69.2 Å². The number of rotatable bonds is 2. The first kappa shape index (κ1) is 13.7.